The molecule has 8 aromatic carbocycles. The minimum absolute atomic E-state index is 0.109. The van der Waals surface area contributed by atoms with E-state index in [0.29, 0.717) is 44.2 Å². The van der Waals surface area contributed by atoms with Gasteiger partial charge < -0.3 is 4.90 Å². The second-order valence-corrected chi connectivity index (χ2v) is 19.0. The van der Waals surface area contributed by atoms with Gasteiger partial charge in [0, 0.05) is 35.9 Å². The highest BCUT2D eigenvalue weighted by atomic mass is 79.9. The summed E-state index contributed by atoms with van der Waals surface area (Å²) in [6.07, 6.45) is -0.775. The molecule has 6 nitrogen and oxygen atoms in total. The third-order valence-corrected chi connectivity index (χ3v) is 14.4. The molecule has 0 radical (unpaired) electrons. The Morgan fingerprint density at radius 2 is 0.955 bits per heavy atom. The van der Waals surface area contributed by atoms with Crippen molar-refractivity contribution in [3.05, 3.63) is 271 Å². The van der Waals surface area contributed by atoms with Gasteiger partial charge in [-0.1, -0.05) is 176 Å². The molecule has 320 valence electrons. The molecule has 0 saturated carbocycles. The van der Waals surface area contributed by atoms with Crippen LogP contribution in [0.4, 0.5) is 22.7 Å². The van der Waals surface area contributed by atoms with Crippen molar-refractivity contribution in [2.75, 3.05) is 14.7 Å². The number of anilines is 3. The van der Waals surface area contributed by atoms with Gasteiger partial charge in [-0.2, -0.15) is 0 Å². The fraction of sp³-hybridized carbons (Fsp3) is 0.0536. The van der Waals surface area contributed by atoms with Gasteiger partial charge in [0.1, 0.15) is 17.0 Å². The predicted octanol–water partition coefficient (Wildman–Crippen LogP) is 14.1. The van der Waals surface area contributed by atoms with E-state index in [1.54, 1.807) is 0 Å². The minimum Gasteiger partial charge on any atom is -0.314 e. The maximum absolute atomic E-state index is 16.0. The van der Waals surface area contributed by atoms with Crippen LogP contribution in [0.1, 0.15) is 27.8 Å². The first-order valence-electron chi connectivity index (χ1n) is 21.3. The first kappa shape index (κ1) is 42.1. The molecule has 8 aromatic rings. The van der Waals surface area contributed by atoms with Crippen LogP contribution in [0.3, 0.4) is 0 Å². The molecule has 0 N–H and O–H groups in total. The predicted molar refractivity (Wildman–Crippen MR) is 273 cm³/mol. The Hall–Kier alpha value is -6.55. The fourth-order valence-corrected chi connectivity index (χ4v) is 10.8. The Morgan fingerprint density at radius 3 is 1.47 bits per heavy atom. The van der Waals surface area contributed by atoms with Crippen molar-refractivity contribution >= 4 is 95.3 Å². The molecular formula is C56H36Br2Cl2N4O2. The Morgan fingerprint density at radius 1 is 0.485 bits per heavy atom. The van der Waals surface area contributed by atoms with Crippen LogP contribution >= 0.6 is 55.1 Å². The molecule has 11 rings (SSSR count). The minimum atomic E-state index is -1.37. The lowest BCUT2D eigenvalue weighted by Crippen LogP contribution is -2.78. The van der Waals surface area contributed by atoms with Gasteiger partial charge in [-0.15, -0.1) is 0 Å². The van der Waals surface area contributed by atoms with Gasteiger partial charge in [0.25, 0.3) is 5.91 Å². The van der Waals surface area contributed by atoms with E-state index in [4.69, 9.17) is 28.2 Å². The number of nitrogens with zero attached hydrogens (tertiary/aromatic N) is 4. The highest BCUT2D eigenvalue weighted by molar-refractivity contribution is 9.10. The molecule has 3 aliphatic rings. The summed E-state index contributed by atoms with van der Waals surface area (Å²) in [6.45, 7) is 0. The molecule has 2 amide bonds. The number of allylic oxidation sites excluding steroid dienone is 1. The maximum atomic E-state index is 16.0. The summed E-state index contributed by atoms with van der Waals surface area (Å²) < 4.78 is 1.75. The maximum Gasteiger partial charge on any atom is 0.252 e. The van der Waals surface area contributed by atoms with E-state index in [1.165, 1.54) is 0 Å². The summed E-state index contributed by atoms with van der Waals surface area (Å²) in [4.78, 5) is 43.4. The molecule has 0 aliphatic carbocycles. The first-order valence-corrected chi connectivity index (χ1v) is 23.7. The Balaban J connectivity index is 1.34. The zero-order valence-electron chi connectivity index (χ0n) is 34.9. The highest BCUT2D eigenvalue weighted by Gasteiger charge is 2.69. The van der Waals surface area contributed by atoms with Gasteiger partial charge in [0.15, 0.2) is 0 Å². The molecule has 3 aliphatic heterocycles. The summed E-state index contributed by atoms with van der Waals surface area (Å²) in [6, 6.07) is 68.6. The van der Waals surface area contributed by atoms with E-state index in [-0.39, 0.29) is 11.8 Å². The van der Waals surface area contributed by atoms with Crippen molar-refractivity contribution in [3.8, 4) is 0 Å². The van der Waals surface area contributed by atoms with Gasteiger partial charge in [0.2, 0.25) is 5.91 Å². The topological polar surface area (TPSA) is 56.2 Å². The second kappa shape index (κ2) is 16.7. The summed E-state index contributed by atoms with van der Waals surface area (Å²) in [5.74, 6) is -0.252. The lowest BCUT2D eigenvalue weighted by atomic mass is 9.62. The van der Waals surface area contributed by atoms with Crippen LogP contribution in [0.25, 0.3) is 0 Å². The lowest BCUT2D eigenvalue weighted by molar-refractivity contribution is -0.131. The molecule has 0 bridgehead atoms. The van der Waals surface area contributed by atoms with Crippen molar-refractivity contribution in [1.29, 1.82) is 0 Å². The summed E-state index contributed by atoms with van der Waals surface area (Å²) in [5.41, 5.74) is 5.90. The quantitative estimate of drug-likeness (QED) is 0.143. The van der Waals surface area contributed by atoms with Crippen LogP contribution in [0.15, 0.2) is 238 Å². The van der Waals surface area contributed by atoms with Crippen LogP contribution in [0.2, 0.25) is 10.0 Å². The number of hydrogen-bond donors (Lipinski definition) is 0. The Labute approximate surface area is 409 Å². The molecule has 0 aromatic heterocycles. The summed E-state index contributed by atoms with van der Waals surface area (Å²) >= 11 is 20.8. The van der Waals surface area contributed by atoms with Crippen LogP contribution < -0.4 is 14.7 Å². The number of halogens is 4. The molecule has 2 saturated heterocycles. The van der Waals surface area contributed by atoms with E-state index in [9.17, 15) is 0 Å². The van der Waals surface area contributed by atoms with E-state index in [1.807, 2.05) is 222 Å². The second-order valence-electron chi connectivity index (χ2n) is 16.3. The molecule has 0 spiro atoms. The van der Waals surface area contributed by atoms with Crippen LogP contribution in [-0.2, 0) is 20.4 Å². The molecule has 10 heteroatoms. The average molecular weight is 1030 g/mol. The van der Waals surface area contributed by atoms with Crippen molar-refractivity contribution in [3.63, 3.8) is 0 Å². The monoisotopic (exact) mass is 1020 g/mol. The van der Waals surface area contributed by atoms with Crippen molar-refractivity contribution in [1.82, 2.24) is 0 Å². The molecule has 1 atom stereocenters. The van der Waals surface area contributed by atoms with E-state index in [2.05, 4.69) is 36.8 Å². The fourth-order valence-electron chi connectivity index (χ4n) is 10.00. The van der Waals surface area contributed by atoms with Crippen molar-refractivity contribution in [2.45, 2.75) is 17.0 Å². The highest BCUT2D eigenvalue weighted by Crippen LogP contribution is 2.60. The first-order chi connectivity index (χ1) is 32.2. The van der Waals surface area contributed by atoms with Gasteiger partial charge in [-0.25, -0.2) is 4.99 Å². The zero-order valence-corrected chi connectivity index (χ0v) is 39.6. The summed E-state index contributed by atoms with van der Waals surface area (Å²) in [7, 11) is 0. The van der Waals surface area contributed by atoms with Crippen LogP contribution in [-0.4, -0.2) is 23.7 Å². The molecule has 66 heavy (non-hydrogen) atoms. The molecule has 2 fully saturated rings. The van der Waals surface area contributed by atoms with E-state index >= 15 is 9.59 Å². The van der Waals surface area contributed by atoms with Crippen LogP contribution in [0, 0.1) is 0 Å². The standard InChI is InChI=1S/C56H36Br2Cl2N4O2/c57-40-21-30-45(31-22-40)62-51(55(53(62)65,36-13-5-1-6-14-36)37-15-7-2-8-16-37)50-49(61-44-28-25-42(59)26-29-44)47-35-43(60)27-34-48(47)64(50)52-56(38-17-9-3-10-18-38,39-19-11-4-12-20-39)54(66)63(52)46-32-23-41(58)24-33-46/h1-35,52H/b51-50-,61-49?. The van der Waals surface area contributed by atoms with Gasteiger partial charge >= 0.3 is 0 Å². The van der Waals surface area contributed by atoms with Gasteiger partial charge in [-0.3, -0.25) is 19.4 Å². The number of benzene rings is 8. The number of β-lactam (4-membered cyclic amide) rings is 2. The molecule has 3 heterocycles. The number of fused-ring (bicyclic) bond motifs is 1. The van der Waals surface area contributed by atoms with Crippen molar-refractivity contribution < 1.29 is 9.59 Å². The molecule has 1 unspecified atom stereocenters. The number of carbonyl (C=O) groups excluding carboxylic acids is 2. The van der Waals surface area contributed by atoms with E-state index < -0.39 is 17.0 Å². The van der Waals surface area contributed by atoms with Crippen molar-refractivity contribution in [2.24, 2.45) is 4.99 Å². The summed E-state index contributed by atoms with van der Waals surface area (Å²) in [5, 5.41) is 1.07. The third kappa shape index (κ3) is 6.45. The average Bonchev–Trinajstić information content (AvgIpc) is 3.63. The lowest BCUT2D eigenvalue weighted by Gasteiger charge is -2.61. The van der Waals surface area contributed by atoms with Gasteiger partial charge in [0.05, 0.1) is 28.5 Å². The largest absolute Gasteiger partial charge is 0.314 e. The van der Waals surface area contributed by atoms with Crippen LogP contribution in [0.5, 0.6) is 0 Å². The number of amides is 2. The number of rotatable bonds is 8. The smallest absolute Gasteiger partial charge is 0.252 e. The number of hydrogen-bond acceptors (Lipinski definition) is 4. The Kier molecular flexibility index (Phi) is 10.7. The number of carbonyl (C=O) groups is 2. The zero-order chi connectivity index (χ0) is 45.2. The normalized spacial score (nSPS) is 18.8. The molecular weight excluding hydrogens is 991 g/mol. The Bertz CT molecular complexity index is 3150. The van der Waals surface area contributed by atoms with Gasteiger partial charge in [-0.05, 0) is 113 Å². The third-order valence-electron chi connectivity index (χ3n) is 12.8. The van der Waals surface area contributed by atoms with E-state index in [0.717, 1.165) is 42.5 Å². The number of aliphatic imine (C=N–C) groups is 1. The SMILES string of the molecule is O=C1N(c2ccc(Br)cc2)/C(=C2/C(=Nc3ccc(Cl)cc3)c3cc(Cl)ccc3N2C2N(c3ccc(Br)cc3)C(=O)C2(c2ccccc2)c2ccccc2)C1(c1ccccc1)c1ccccc1.